The first-order valence-electron chi connectivity index (χ1n) is 8.31. The van der Waals surface area contributed by atoms with Crippen LogP contribution in [0.3, 0.4) is 0 Å². The predicted octanol–water partition coefficient (Wildman–Crippen LogP) is 4.11. The Balaban J connectivity index is 1.99. The Morgan fingerprint density at radius 2 is 1.82 bits per heavy atom. The molecule has 122 valence electrons. The van der Waals surface area contributed by atoms with Crippen LogP contribution in [-0.2, 0) is 4.79 Å². The van der Waals surface area contributed by atoms with Crippen LogP contribution in [0.5, 0.6) is 0 Å². The number of hydrogen-bond acceptors (Lipinski definition) is 3. The number of carbonyl (C=O) groups is 2. The molecular weight excluding hydrogens is 296 g/mol. The van der Waals surface area contributed by atoms with Gasteiger partial charge in [0.25, 0.3) is 5.91 Å². The number of thiophene rings is 1. The van der Waals surface area contributed by atoms with E-state index in [1.165, 1.54) is 30.6 Å². The van der Waals surface area contributed by atoms with E-state index in [4.69, 9.17) is 0 Å². The number of rotatable bonds is 4. The van der Waals surface area contributed by atoms with Crippen LogP contribution in [-0.4, -0.2) is 18.4 Å². The molecule has 2 amide bonds. The second-order valence-electron chi connectivity index (χ2n) is 5.97. The van der Waals surface area contributed by atoms with Crippen molar-refractivity contribution in [2.24, 2.45) is 5.92 Å². The number of carbonyl (C=O) groups excluding carboxylic acids is 2. The Bertz CT molecular complexity index is 517. The number of hydrogen-bond donors (Lipinski definition) is 2. The van der Waals surface area contributed by atoms with Gasteiger partial charge < -0.3 is 10.6 Å². The van der Waals surface area contributed by atoms with Gasteiger partial charge in [0, 0.05) is 17.3 Å². The molecular formula is C17H26N2O2S. The van der Waals surface area contributed by atoms with Crippen LogP contribution < -0.4 is 10.6 Å². The molecule has 1 heterocycles. The zero-order chi connectivity index (χ0) is 15.9. The SMILES string of the molecule is CCNC(=O)c1cc(NC(=O)C2CCCCCCC2)c(C)s1. The lowest BCUT2D eigenvalue weighted by atomic mass is 9.90. The van der Waals surface area contributed by atoms with Gasteiger partial charge in [-0.25, -0.2) is 0 Å². The molecule has 1 aliphatic rings. The molecule has 0 saturated heterocycles. The number of amides is 2. The normalized spacial score (nSPS) is 16.6. The third kappa shape index (κ3) is 4.57. The third-order valence-corrected chi connectivity index (χ3v) is 5.26. The van der Waals surface area contributed by atoms with E-state index in [1.807, 2.05) is 13.8 Å². The summed E-state index contributed by atoms with van der Waals surface area (Å²) in [5.74, 6) is 0.167. The summed E-state index contributed by atoms with van der Waals surface area (Å²) < 4.78 is 0. The molecule has 5 heteroatoms. The number of aryl methyl sites for hydroxylation is 1. The van der Waals surface area contributed by atoms with Gasteiger partial charge in [0.15, 0.2) is 0 Å². The van der Waals surface area contributed by atoms with Crippen molar-refractivity contribution >= 4 is 28.8 Å². The summed E-state index contributed by atoms with van der Waals surface area (Å²) in [7, 11) is 0. The summed E-state index contributed by atoms with van der Waals surface area (Å²) >= 11 is 1.43. The van der Waals surface area contributed by atoms with Crippen molar-refractivity contribution in [3.63, 3.8) is 0 Å². The molecule has 0 atom stereocenters. The zero-order valence-electron chi connectivity index (χ0n) is 13.5. The van der Waals surface area contributed by atoms with Crippen molar-refractivity contribution in [1.82, 2.24) is 5.32 Å². The minimum atomic E-state index is -0.0675. The fourth-order valence-corrected chi connectivity index (χ4v) is 3.81. The van der Waals surface area contributed by atoms with E-state index < -0.39 is 0 Å². The lowest BCUT2D eigenvalue weighted by Crippen LogP contribution is -2.24. The molecule has 0 radical (unpaired) electrons. The minimum absolute atomic E-state index is 0.0675. The lowest BCUT2D eigenvalue weighted by molar-refractivity contribution is -0.120. The largest absolute Gasteiger partial charge is 0.352 e. The van der Waals surface area contributed by atoms with Gasteiger partial charge in [-0.2, -0.15) is 0 Å². The van der Waals surface area contributed by atoms with E-state index in [0.29, 0.717) is 11.4 Å². The van der Waals surface area contributed by atoms with Crippen LogP contribution in [0, 0.1) is 12.8 Å². The van der Waals surface area contributed by atoms with Crippen LogP contribution in [0.15, 0.2) is 6.07 Å². The van der Waals surface area contributed by atoms with Gasteiger partial charge in [-0.05, 0) is 32.8 Å². The van der Waals surface area contributed by atoms with Crippen LogP contribution >= 0.6 is 11.3 Å². The van der Waals surface area contributed by atoms with Gasteiger partial charge in [0.05, 0.1) is 10.6 Å². The predicted molar refractivity (Wildman–Crippen MR) is 91.5 cm³/mol. The first-order valence-corrected chi connectivity index (χ1v) is 9.13. The Labute approximate surface area is 136 Å². The summed E-state index contributed by atoms with van der Waals surface area (Å²) in [6.07, 6.45) is 8.03. The Morgan fingerprint density at radius 1 is 1.18 bits per heavy atom. The fourth-order valence-electron chi connectivity index (χ4n) is 2.92. The van der Waals surface area contributed by atoms with Gasteiger partial charge in [-0.3, -0.25) is 9.59 Å². The van der Waals surface area contributed by atoms with Crippen molar-refractivity contribution < 1.29 is 9.59 Å². The van der Waals surface area contributed by atoms with Crippen molar-refractivity contribution in [1.29, 1.82) is 0 Å². The van der Waals surface area contributed by atoms with Gasteiger partial charge >= 0.3 is 0 Å². The summed E-state index contributed by atoms with van der Waals surface area (Å²) in [6, 6.07) is 1.80. The van der Waals surface area contributed by atoms with Crippen molar-refractivity contribution in [2.45, 2.75) is 58.8 Å². The maximum absolute atomic E-state index is 12.5. The lowest BCUT2D eigenvalue weighted by Gasteiger charge is -2.19. The van der Waals surface area contributed by atoms with E-state index in [-0.39, 0.29) is 17.7 Å². The first-order chi connectivity index (χ1) is 10.6. The highest BCUT2D eigenvalue weighted by Gasteiger charge is 2.21. The number of anilines is 1. The quantitative estimate of drug-likeness (QED) is 0.876. The second kappa shape index (κ2) is 8.32. The van der Waals surface area contributed by atoms with Gasteiger partial charge in [-0.15, -0.1) is 11.3 Å². The molecule has 4 nitrogen and oxygen atoms in total. The topological polar surface area (TPSA) is 58.2 Å². The van der Waals surface area contributed by atoms with Crippen LogP contribution in [0.1, 0.15) is 66.4 Å². The van der Waals surface area contributed by atoms with E-state index in [1.54, 1.807) is 6.07 Å². The molecule has 0 aromatic carbocycles. The maximum Gasteiger partial charge on any atom is 0.261 e. The fraction of sp³-hybridized carbons (Fsp3) is 0.647. The molecule has 1 fully saturated rings. The highest BCUT2D eigenvalue weighted by atomic mass is 32.1. The van der Waals surface area contributed by atoms with Crippen LogP contribution in [0.4, 0.5) is 5.69 Å². The van der Waals surface area contributed by atoms with Crippen molar-refractivity contribution in [2.75, 3.05) is 11.9 Å². The second-order valence-corrected chi connectivity index (χ2v) is 7.23. The molecule has 22 heavy (non-hydrogen) atoms. The van der Waals surface area contributed by atoms with Gasteiger partial charge in [0.2, 0.25) is 5.91 Å². The Kier molecular flexibility index (Phi) is 6.43. The molecule has 2 N–H and O–H groups in total. The smallest absolute Gasteiger partial charge is 0.261 e. The third-order valence-electron chi connectivity index (χ3n) is 4.21. The number of nitrogens with one attached hydrogen (secondary N) is 2. The molecule has 0 spiro atoms. The molecule has 0 bridgehead atoms. The zero-order valence-corrected chi connectivity index (χ0v) is 14.4. The van der Waals surface area contributed by atoms with E-state index in [0.717, 1.165) is 36.2 Å². The summed E-state index contributed by atoms with van der Waals surface area (Å²) in [6.45, 7) is 4.45. The molecule has 1 aliphatic carbocycles. The van der Waals surface area contributed by atoms with Gasteiger partial charge in [-0.1, -0.05) is 32.1 Å². The summed E-state index contributed by atoms with van der Waals surface area (Å²) in [5, 5.41) is 5.83. The van der Waals surface area contributed by atoms with Crippen molar-refractivity contribution in [3.05, 3.63) is 15.8 Å². The average Bonchev–Trinajstić information content (AvgIpc) is 2.80. The van der Waals surface area contributed by atoms with E-state index in [2.05, 4.69) is 10.6 Å². The van der Waals surface area contributed by atoms with Crippen molar-refractivity contribution in [3.8, 4) is 0 Å². The Hall–Kier alpha value is -1.36. The summed E-state index contributed by atoms with van der Waals surface area (Å²) in [4.78, 5) is 26.0. The standard InChI is InChI=1S/C17H26N2O2S/c1-3-18-17(21)15-11-14(12(2)22-15)19-16(20)13-9-7-5-4-6-8-10-13/h11,13H,3-10H2,1-2H3,(H,18,21)(H,19,20). The first kappa shape index (κ1) is 17.0. The monoisotopic (exact) mass is 322 g/mol. The average molecular weight is 322 g/mol. The molecule has 0 unspecified atom stereocenters. The Morgan fingerprint density at radius 3 is 2.45 bits per heavy atom. The van der Waals surface area contributed by atoms with Crippen LogP contribution in [0.25, 0.3) is 0 Å². The highest BCUT2D eigenvalue weighted by molar-refractivity contribution is 7.14. The minimum Gasteiger partial charge on any atom is -0.352 e. The molecule has 2 rings (SSSR count). The van der Waals surface area contributed by atoms with Gasteiger partial charge in [0.1, 0.15) is 0 Å². The maximum atomic E-state index is 12.5. The molecule has 1 aromatic heterocycles. The summed E-state index contributed by atoms with van der Waals surface area (Å²) in [5.41, 5.74) is 0.790. The molecule has 1 aromatic rings. The van der Waals surface area contributed by atoms with Crippen LogP contribution in [0.2, 0.25) is 0 Å². The molecule has 0 aliphatic heterocycles. The molecule has 1 saturated carbocycles. The van der Waals surface area contributed by atoms with E-state index in [9.17, 15) is 9.59 Å². The van der Waals surface area contributed by atoms with E-state index >= 15 is 0 Å². The highest BCUT2D eigenvalue weighted by Crippen LogP contribution is 2.28.